The van der Waals surface area contributed by atoms with Gasteiger partial charge in [0, 0.05) is 32.1 Å². The summed E-state index contributed by atoms with van der Waals surface area (Å²) in [4.78, 5) is 14.9. The van der Waals surface area contributed by atoms with Crippen LogP contribution >= 0.6 is 0 Å². The minimum Gasteiger partial charge on any atom is -0.354 e. The molecule has 4 heterocycles. The number of hydrogen-bond acceptors (Lipinski definition) is 6. The number of carbonyl (C=O) groups excluding carboxylic acids is 1. The van der Waals surface area contributed by atoms with Crippen LogP contribution in [0.4, 0.5) is 10.2 Å². The van der Waals surface area contributed by atoms with Crippen LogP contribution in [-0.2, 0) is 13.1 Å². The summed E-state index contributed by atoms with van der Waals surface area (Å²) in [5.74, 6) is 2.18. The van der Waals surface area contributed by atoms with Crippen LogP contribution in [-0.4, -0.2) is 44.0 Å². The average Bonchev–Trinajstić information content (AvgIpc) is 3.37. The first-order valence-electron chi connectivity index (χ1n) is 10.1. The van der Waals surface area contributed by atoms with Crippen molar-refractivity contribution in [1.82, 2.24) is 30.3 Å². The highest BCUT2D eigenvalue weighted by molar-refractivity contribution is 5.90. The van der Waals surface area contributed by atoms with E-state index < -0.39 is 0 Å². The summed E-state index contributed by atoms with van der Waals surface area (Å²) in [7, 11) is 0. The van der Waals surface area contributed by atoms with Gasteiger partial charge < -0.3 is 14.8 Å². The second-order valence-corrected chi connectivity index (χ2v) is 7.94. The molecule has 30 heavy (non-hydrogen) atoms. The molecule has 0 bridgehead atoms. The predicted molar refractivity (Wildman–Crippen MR) is 107 cm³/mol. The number of aryl methyl sites for hydroxylation is 1. The van der Waals surface area contributed by atoms with Crippen LogP contribution in [0.1, 0.15) is 40.0 Å². The number of carbonyl (C=O) groups is 1. The van der Waals surface area contributed by atoms with E-state index in [1.165, 1.54) is 12.1 Å². The summed E-state index contributed by atoms with van der Waals surface area (Å²) < 4.78 is 15.0. The van der Waals surface area contributed by atoms with Gasteiger partial charge in [-0.1, -0.05) is 12.1 Å². The third kappa shape index (κ3) is 3.40. The van der Waals surface area contributed by atoms with Gasteiger partial charge in [-0.3, -0.25) is 4.79 Å². The smallest absolute Gasteiger partial charge is 0.289 e. The Bertz CT molecular complexity index is 1060. The van der Waals surface area contributed by atoms with Gasteiger partial charge in [0.2, 0.25) is 5.82 Å². The van der Waals surface area contributed by atoms with Crippen LogP contribution in [0.2, 0.25) is 0 Å². The molecule has 2 atom stereocenters. The third-order valence-corrected chi connectivity index (χ3v) is 5.95. The van der Waals surface area contributed by atoms with E-state index in [1.54, 1.807) is 12.1 Å². The number of amides is 1. The molecule has 0 spiro atoms. The Morgan fingerprint density at radius 1 is 1.10 bits per heavy atom. The topological polar surface area (TPSA) is 88.8 Å². The quantitative estimate of drug-likeness (QED) is 0.712. The van der Waals surface area contributed by atoms with E-state index in [9.17, 15) is 9.18 Å². The highest BCUT2D eigenvalue weighted by Crippen LogP contribution is 2.39. The average molecular weight is 407 g/mol. The lowest BCUT2D eigenvalue weighted by Gasteiger charge is -2.24. The molecule has 2 aliphatic heterocycles. The molecule has 154 valence electrons. The number of nitrogens with one attached hydrogen (secondary N) is 1. The summed E-state index contributed by atoms with van der Waals surface area (Å²) in [6.07, 6.45) is 0.962. The molecule has 0 unspecified atom stereocenters. The molecule has 5 rings (SSSR count). The van der Waals surface area contributed by atoms with Crippen molar-refractivity contribution in [2.24, 2.45) is 5.92 Å². The fraction of sp³-hybridized carbons (Fsp3) is 0.381. The molecule has 9 heteroatoms. The molecule has 0 saturated carbocycles. The van der Waals surface area contributed by atoms with Crippen LogP contribution in [0, 0.1) is 18.7 Å². The van der Waals surface area contributed by atoms with Gasteiger partial charge in [0.15, 0.2) is 5.82 Å². The third-order valence-electron chi connectivity index (χ3n) is 5.95. The highest BCUT2D eigenvalue weighted by Gasteiger charge is 2.41. The Hall–Kier alpha value is -3.36. The van der Waals surface area contributed by atoms with Crippen LogP contribution in [0.25, 0.3) is 0 Å². The number of rotatable bonds is 4. The van der Waals surface area contributed by atoms with Crippen LogP contribution in [0.5, 0.6) is 0 Å². The molecule has 2 aromatic heterocycles. The maximum Gasteiger partial charge on any atom is 0.289 e. The number of nitrogens with zero attached hydrogens (tertiary/aromatic N) is 6. The lowest BCUT2D eigenvalue weighted by molar-refractivity contribution is 0.0933. The SMILES string of the molecule is Cc1ccc(N2C[C@H]3CCn4c(C(=O)NCc5ccc(F)cc5)nnc4[C@H]3C2)nn1. The van der Waals surface area contributed by atoms with Crippen molar-refractivity contribution < 1.29 is 9.18 Å². The van der Waals surface area contributed by atoms with Crippen LogP contribution < -0.4 is 10.2 Å². The van der Waals surface area contributed by atoms with Gasteiger partial charge in [0.25, 0.3) is 5.91 Å². The minimum atomic E-state index is -0.298. The molecule has 0 radical (unpaired) electrons. The molecule has 1 amide bonds. The van der Waals surface area contributed by atoms with E-state index in [2.05, 4.69) is 30.6 Å². The Morgan fingerprint density at radius 2 is 1.93 bits per heavy atom. The zero-order valence-electron chi connectivity index (χ0n) is 16.6. The van der Waals surface area contributed by atoms with Gasteiger partial charge in [-0.05, 0) is 49.1 Å². The van der Waals surface area contributed by atoms with Gasteiger partial charge in [-0.15, -0.1) is 15.3 Å². The number of fused-ring (bicyclic) bond motifs is 3. The molecule has 3 aromatic rings. The van der Waals surface area contributed by atoms with Gasteiger partial charge in [0.1, 0.15) is 11.6 Å². The number of halogens is 1. The Balaban J connectivity index is 1.30. The summed E-state index contributed by atoms with van der Waals surface area (Å²) in [5.41, 5.74) is 1.72. The Kier molecular flexibility index (Phi) is 4.65. The van der Waals surface area contributed by atoms with Gasteiger partial charge >= 0.3 is 0 Å². The molecular formula is C21H22FN7O. The van der Waals surface area contributed by atoms with Gasteiger partial charge in [0.05, 0.1) is 5.69 Å². The monoisotopic (exact) mass is 407 g/mol. The predicted octanol–water partition coefficient (Wildman–Crippen LogP) is 2.07. The van der Waals surface area contributed by atoms with Crippen molar-refractivity contribution in [2.45, 2.75) is 32.4 Å². The number of aromatic nitrogens is 5. The highest BCUT2D eigenvalue weighted by atomic mass is 19.1. The van der Waals surface area contributed by atoms with Crippen LogP contribution in [0.3, 0.4) is 0 Å². The molecule has 1 saturated heterocycles. The van der Waals surface area contributed by atoms with E-state index in [-0.39, 0.29) is 17.6 Å². The standard InChI is InChI=1S/C21H22FN7O/c1-13-2-7-18(25-24-13)28-11-15-8-9-29-19(17(15)12-28)26-27-20(29)21(30)23-10-14-3-5-16(22)6-4-14/h2-7,15,17H,8-12H2,1H3,(H,23,30)/t15-,17+/m1/s1. The second-order valence-electron chi connectivity index (χ2n) is 7.94. The van der Waals surface area contributed by atoms with Crippen molar-refractivity contribution in [3.05, 3.63) is 65.1 Å². The maximum absolute atomic E-state index is 13.0. The van der Waals surface area contributed by atoms with Crippen LogP contribution in [0.15, 0.2) is 36.4 Å². The summed E-state index contributed by atoms with van der Waals surface area (Å²) in [5, 5.41) is 19.9. The Morgan fingerprint density at radius 3 is 2.70 bits per heavy atom. The first-order chi connectivity index (χ1) is 14.6. The summed E-state index contributed by atoms with van der Waals surface area (Å²) in [6, 6.07) is 10.0. The van der Waals surface area contributed by atoms with Crippen molar-refractivity contribution in [3.63, 3.8) is 0 Å². The number of anilines is 1. The molecule has 2 aliphatic rings. The molecular weight excluding hydrogens is 385 g/mol. The van der Waals surface area contributed by atoms with E-state index in [1.807, 2.05) is 23.6 Å². The zero-order valence-corrected chi connectivity index (χ0v) is 16.6. The zero-order chi connectivity index (χ0) is 20.7. The number of benzene rings is 1. The van der Waals surface area contributed by atoms with Crippen molar-refractivity contribution in [2.75, 3.05) is 18.0 Å². The first-order valence-corrected chi connectivity index (χ1v) is 10.1. The van der Waals surface area contributed by atoms with Crippen molar-refractivity contribution >= 4 is 11.7 Å². The van der Waals surface area contributed by atoms with Crippen molar-refractivity contribution in [1.29, 1.82) is 0 Å². The normalized spacial score (nSPS) is 20.0. The fourth-order valence-corrected chi connectivity index (χ4v) is 4.34. The molecule has 0 aliphatic carbocycles. The van der Waals surface area contributed by atoms with Crippen molar-refractivity contribution in [3.8, 4) is 0 Å². The lowest BCUT2D eigenvalue weighted by atomic mass is 9.89. The lowest BCUT2D eigenvalue weighted by Crippen LogP contribution is -2.30. The molecule has 8 nitrogen and oxygen atoms in total. The van der Waals surface area contributed by atoms with E-state index in [4.69, 9.17) is 0 Å². The van der Waals surface area contributed by atoms with E-state index in [0.717, 1.165) is 49.0 Å². The van der Waals surface area contributed by atoms with E-state index in [0.29, 0.717) is 18.3 Å². The minimum absolute atomic E-state index is 0.216. The Labute approximate surface area is 173 Å². The van der Waals surface area contributed by atoms with Gasteiger partial charge in [-0.25, -0.2) is 4.39 Å². The maximum atomic E-state index is 13.0. The summed E-state index contributed by atoms with van der Waals surface area (Å²) >= 11 is 0. The molecule has 1 aromatic carbocycles. The summed E-state index contributed by atoms with van der Waals surface area (Å²) in [6.45, 7) is 4.65. The van der Waals surface area contributed by atoms with Gasteiger partial charge in [-0.2, -0.15) is 5.10 Å². The first kappa shape index (κ1) is 18.7. The fourth-order valence-electron chi connectivity index (χ4n) is 4.34. The largest absolute Gasteiger partial charge is 0.354 e. The second kappa shape index (κ2) is 7.47. The van der Waals surface area contributed by atoms with E-state index >= 15 is 0 Å². The molecule has 1 N–H and O–H groups in total. The molecule has 1 fully saturated rings. The number of hydrogen-bond donors (Lipinski definition) is 1.